The molecule has 0 atom stereocenters. The zero-order chi connectivity index (χ0) is 10.4. The van der Waals surface area contributed by atoms with E-state index in [0.29, 0.717) is 0 Å². The zero-order valence-electron chi connectivity index (χ0n) is 7.71. The molecule has 5 nitrogen and oxygen atoms in total. The number of rotatable bonds is 1. The number of fused-ring (bicyclic) bond motifs is 3. The van der Waals surface area contributed by atoms with Crippen LogP contribution in [0, 0.1) is 10.1 Å². The van der Waals surface area contributed by atoms with Crippen LogP contribution in [-0.2, 0) is 6.54 Å². The van der Waals surface area contributed by atoms with Crippen molar-refractivity contribution in [1.29, 1.82) is 0 Å². The number of nitro groups is 1. The molecular weight excluding hydrogens is 214 g/mol. The molecule has 0 amide bonds. The summed E-state index contributed by atoms with van der Waals surface area (Å²) in [7, 11) is 0. The monoisotopic (exact) mass is 221 g/mol. The summed E-state index contributed by atoms with van der Waals surface area (Å²) in [5.41, 5.74) is 1.83. The van der Waals surface area contributed by atoms with Gasteiger partial charge in [-0.15, -0.1) is 0 Å². The Morgan fingerprint density at radius 2 is 2.40 bits per heavy atom. The molecular formula is C9H7N3O2S. The minimum atomic E-state index is -0.374. The minimum absolute atomic E-state index is 0.127. The van der Waals surface area contributed by atoms with Crippen LogP contribution in [0.25, 0.3) is 11.0 Å². The highest BCUT2D eigenvalue weighted by molar-refractivity contribution is 7.99. The standard InChI is InChI=1S/C9H7N3O2S/c13-12(14)6-1-2-7-8(5-6)11-3-4-15-9(11)10-7/h1-2,5H,3-4H2. The second-order valence-corrected chi connectivity index (χ2v) is 4.39. The predicted molar refractivity (Wildman–Crippen MR) is 57.1 cm³/mol. The normalized spacial score (nSPS) is 14.4. The van der Waals surface area contributed by atoms with Crippen molar-refractivity contribution in [2.45, 2.75) is 11.7 Å². The van der Waals surface area contributed by atoms with E-state index in [4.69, 9.17) is 0 Å². The van der Waals surface area contributed by atoms with E-state index in [0.717, 1.165) is 28.5 Å². The van der Waals surface area contributed by atoms with Crippen molar-refractivity contribution in [2.75, 3.05) is 5.75 Å². The van der Waals surface area contributed by atoms with Crippen molar-refractivity contribution in [3.8, 4) is 0 Å². The summed E-state index contributed by atoms with van der Waals surface area (Å²) in [5, 5.41) is 11.6. The van der Waals surface area contributed by atoms with E-state index in [9.17, 15) is 10.1 Å². The number of aryl methyl sites for hydroxylation is 1. The minimum Gasteiger partial charge on any atom is -0.318 e. The van der Waals surface area contributed by atoms with Gasteiger partial charge in [0.05, 0.1) is 16.0 Å². The maximum Gasteiger partial charge on any atom is 0.271 e. The van der Waals surface area contributed by atoms with Gasteiger partial charge in [0.15, 0.2) is 5.16 Å². The third-order valence-electron chi connectivity index (χ3n) is 2.45. The molecule has 1 aromatic heterocycles. The Hall–Kier alpha value is -1.56. The number of nitro benzene ring substituents is 1. The summed E-state index contributed by atoms with van der Waals surface area (Å²) in [6, 6.07) is 4.80. The Morgan fingerprint density at radius 1 is 1.53 bits per heavy atom. The molecule has 1 aliphatic rings. The number of non-ortho nitro benzene ring substituents is 1. The van der Waals surface area contributed by atoms with Crippen LogP contribution in [0.5, 0.6) is 0 Å². The molecule has 15 heavy (non-hydrogen) atoms. The van der Waals surface area contributed by atoms with Crippen LogP contribution in [0.15, 0.2) is 23.4 Å². The number of nitrogens with zero attached hydrogens (tertiary/aromatic N) is 3. The lowest BCUT2D eigenvalue weighted by Crippen LogP contribution is -1.94. The van der Waals surface area contributed by atoms with Crippen LogP contribution >= 0.6 is 11.8 Å². The maximum atomic E-state index is 10.6. The first-order valence-electron chi connectivity index (χ1n) is 4.53. The smallest absolute Gasteiger partial charge is 0.271 e. The van der Waals surface area contributed by atoms with E-state index in [1.54, 1.807) is 23.9 Å². The third-order valence-corrected chi connectivity index (χ3v) is 3.41. The molecule has 2 heterocycles. The molecule has 0 bridgehead atoms. The third kappa shape index (κ3) is 1.21. The van der Waals surface area contributed by atoms with Crippen LogP contribution in [0.1, 0.15) is 0 Å². The molecule has 0 aliphatic carbocycles. The molecule has 0 N–H and O–H groups in total. The van der Waals surface area contributed by atoms with Crippen molar-refractivity contribution in [2.24, 2.45) is 0 Å². The average molecular weight is 221 g/mol. The van der Waals surface area contributed by atoms with Crippen LogP contribution in [0.4, 0.5) is 5.69 Å². The van der Waals surface area contributed by atoms with E-state index < -0.39 is 0 Å². The van der Waals surface area contributed by atoms with Crippen LogP contribution in [0.2, 0.25) is 0 Å². The molecule has 6 heteroatoms. The number of benzene rings is 1. The summed E-state index contributed by atoms with van der Waals surface area (Å²) in [6.07, 6.45) is 0. The molecule has 0 spiro atoms. The van der Waals surface area contributed by atoms with Gasteiger partial charge in [-0.3, -0.25) is 10.1 Å². The fraction of sp³-hybridized carbons (Fsp3) is 0.222. The van der Waals surface area contributed by atoms with Gasteiger partial charge in [0.1, 0.15) is 0 Å². The molecule has 0 fully saturated rings. The molecule has 0 unspecified atom stereocenters. The van der Waals surface area contributed by atoms with E-state index in [2.05, 4.69) is 4.98 Å². The molecule has 0 saturated carbocycles. The fourth-order valence-electron chi connectivity index (χ4n) is 1.76. The number of imidazole rings is 1. The topological polar surface area (TPSA) is 61.0 Å². The Kier molecular flexibility index (Phi) is 1.72. The summed E-state index contributed by atoms with van der Waals surface area (Å²) >= 11 is 1.69. The van der Waals surface area contributed by atoms with Gasteiger partial charge in [-0.1, -0.05) is 11.8 Å². The van der Waals surface area contributed by atoms with Gasteiger partial charge in [0.2, 0.25) is 0 Å². The summed E-state index contributed by atoms with van der Waals surface area (Å²) in [4.78, 5) is 14.7. The second kappa shape index (κ2) is 2.96. The van der Waals surface area contributed by atoms with Crippen molar-refractivity contribution in [3.05, 3.63) is 28.3 Å². The van der Waals surface area contributed by atoms with Gasteiger partial charge in [-0.25, -0.2) is 4.98 Å². The SMILES string of the molecule is O=[N+]([O-])c1ccc2nc3n(c2c1)CCS3. The highest BCUT2D eigenvalue weighted by atomic mass is 32.2. The summed E-state index contributed by atoms with van der Waals surface area (Å²) in [5.74, 6) is 1.00. The lowest BCUT2D eigenvalue weighted by Gasteiger charge is -1.96. The van der Waals surface area contributed by atoms with Crippen LogP contribution < -0.4 is 0 Å². The first-order valence-corrected chi connectivity index (χ1v) is 5.52. The second-order valence-electron chi connectivity index (χ2n) is 3.32. The molecule has 1 aromatic carbocycles. The van der Waals surface area contributed by atoms with Gasteiger partial charge in [-0.05, 0) is 6.07 Å². The zero-order valence-corrected chi connectivity index (χ0v) is 8.53. The van der Waals surface area contributed by atoms with E-state index in [1.807, 2.05) is 4.57 Å². The lowest BCUT2D eigenvalue weighted by atomic mass is 10.3. The van der Waals surface area contributed by atoms with Gasteiger partial charge in [0.25, 0.3) is 5.69 Å². The first-order chi connectivity index (χ1) is 7.25. The van der Waals surface area contributed by atoms with Crippen LogP contribution in [0.3, 0.4) is 0 Å². The van der Waals surface area contributed by atoms with Crippen molar-refractivity contribution in [3.63, 3.8) is 0 Å². The van der Waals surface area contributed by atoms with Gasteiger partial charge in [-0.2, -0.15) is 0 Å². The largest absolute Gasteiger partial charge is 0.318 e. The quantitative estimate of drug-likeness (QED) is 0.546. The first kappa shape index (κ1) is 8.72. The predicted octanol–water partition coefficient (Wildman–Crippen LogP) is 2.05. The Balaban J connectivity index is 2.29. The van der Waals surface area contributed by atoms with E-state index in [-0.39, 0.29) is 10.6 Å². The van der Waals surface area contributed by atoms with Gasteiger partial charge in [0, 0.05) is 24.4 Å². The summed E-state index contributed by atoms with van der Waals surface area (Å²) < 4.78 is 2.03. The number of hydrogen-bond donors (Lipinski definition) is 0. The molecule has 0 saturated heterocycles. The van der Waals surface area contributed by atoms with Crippen molar-refractivity contribution in [1.82, 2.24) is 9.55 Å². The Morgan fingerprint density at radius 3 is 3.20 bits per heavy atom. The fourth-order valence-corrected chi connectivity index (χ4v) is 2.72. The average Bonchev–Trinajstić information content (AvgIpc) is 2.75. The lowest BCUT2D eigenvalue weighted by molar-refractivity contribution is -0.384. The summed E-state index contributed by atoms with van der Waals surface area (Å²) in [6.45, 7) is 0.887. The maximum absolute atomic E-state index is 10.6. The molecule has 3 rings (SSSR count). The number of thioether (sulfide) groups is 1. The Bertz CT molecular complexity index is 564. The highest BCUT2D eigenvalue weighted by Gasteiger charge is 2.18. The van der Waals surface area contributed by atoms with Crippen molar-refractivity contribution < 1.29 is 4.92 Å². The van der Waals surface area contributed by atoms with Crippen molar-refractivity contribution >= 4 is 28.5 Å². The molecule has 2 aromatic rings. The van der Waals surface area contributed by atoms with E-state index in [1.165, 1.54) is 6.07 Å². The molecule has 76 valence electrons. The van der Waals surface area contributed by atoms with Crippen LogP contribution in [-0.4, -0.2) is 20.2 Å². The van der Waals surface area contributed by atoms with E-state index >= 15 is 0 Å². The van der Waals surface area contributed by atoms with Gasteiger partial charge < -0.3 is 4.57 Å². The Labute approximate surface area is 89.3 Å². The molecule has 1 aliphatic heterocycles. The number of hydrogen-bond acceptors (Lipinski definition) is 4. The highest BCUT2D eigenvalue weighted by Crippen LogP contribution is 2.31. The van der Waals surface area contributed by atoms with Gasteiger partial charge >= 0.3 is 0 Å². The number of aromatic nitrogens is 2. The molecule has 0 radical (unpaired) electrons.